The third-order valence-electron chi connectivity index (χ3n) is 5.47. The summed E-state index contributed by atoms with van der Waals surface area (Å²) in [6.07, 6.45) is 3.48. The molecule has 3 aromatic rings. The first-order chi connectivity index (χ1) is 17.0. The van der Waals surface area contributed by atoms with Crippen LogP contribution in [-0.4, -0.2) is 31.3 Å². The number of carbonyl (C=O) groups is 3. The van der Waals surface area contributed by atoms with Crippen LogP contribution in [0.5, 0.6) is 0 Å². The van der Waals surface area contributed by atoms with Gasteiger partial charge >= 0.3 is 0 Å². The number of nitrogens with one attached hydrogen (secondary N) is 3. The Kier molecular flexibility index (Phi) is 9.42. The van der Waals surface area contributed by atoms with Gasteiger partial charge in [0.2, 0.25) is 11.8 Å². The van der Waals surface area contributed by atoms with Gasteiger partial charge in [0.1, 0.15) is 0 Å². The van der Waals surface area contributed by atoms with E-state index in [-0.39, 0.29) is 24.3 Å². The van der Waals surface area contributed by atoms with E-state index in [0.29, 0.717) is 23.4 Å². The predicted octanol–water partition coefficient (Wildman–Crippen LogP) is 5.53. The highest BCUT2D eigenvalue weighted by atomic mass is 16.2. The molecule has 0 aliphatic heterocycles. The Hall–Kier alpha value is -4.13. The minimum atomic E-state index is -0.223. The molecule has 0 radical (unpaired) electrons. The highest BCUT2D eigenvalue weighted by Gasteiger charge is 2.13. The molecule has 3 N–H and O–H groups in total. The number of anilines is 4. The van der Waals surface area contributed by atoms with Crippen LogP contribution in [0.2, 0.25) is 0 Å². The van der Waals surface area contributed by atoms with Gasteiger partial charge in [-0.3, -0.25) is 14.4 Å². The first-order valence-corrected chi connectivity index (χ1v) is 11.8. The van der Waals surface area contributed by atoms with Crippen LogP contribution in [0.25, 0.3) is 0 Å². The molecular formula is C28H32N4O3. The standard InChI is InChI=1S/C28H32N4O3/c1-3-4-6-14-26(33)31-24-11-9-10-23(19-24)29-20-27(34)30-22-17-15-21(16-18-22)28(35)32(2)25-12-7-5-8-13-25/h5,7-13,15-19,29H,3-4,6,14,20H2,1-2H3,(H,30,34)(H,31,33). The Labute approximate surface area is 206 Å². The van der Waals surface area contributed by atoms with Crippen LogP contribution in [0.15, 0.2) is 78.9 Å². The number of hydrogen-bond acceptors (Lipinski definition) is 4. The zero-order chi connectivity index (χ0) is 25.0. The molecule has 0 atom stereocenters. The van der Waals surface area contributed by atoms with Crippen LogP contribution in [0.4, 0.5) is 22.7 Å². The van der Waals surface area contributed by atoms with Crippen LogP contribution in [0, 0.1) is 0 Å². The second-order valence-corrected chi connectivity index (χ2v) is 8.26. The summed E-state index contributed by atoms with van der Waals surface area (Å²) in [5.74, 6) is -0.363. The molecule has 0 spiro atoms. The molecule has 0 aromatic heterocycles. The number of nitrogens with zero attached hydrogens (tertiary/aromatic N) is 1. The van der Waals surface area contributed by atoms with Gasteiger partial charge in [0.05, 0.1) is 6.54 Å². The topological polar surface area (TPSA) is 90.5 Å². The third kappa shape index (κ3) is 7.99. The summed E-state index contributed by atoms with van der Waals surface area (Å²) in [6, 6.07) is 23.5. The largest absolute Gasteiger partial charge is 0.376 e. The Bertz CT molecular complexity index is 1130. The summed E-state index contributed by atoms with van der Waals surface area (Å²) in [6.45, 7) is 2.16. The van der Waals surface area contributed by atoms with Gasteiger partial charge in [-0.05, 0) is 61.0 Å². The summed E-state index contributed by atoms with van der Waals surface area (Å²) >= 11 is 0. The molecular weight excluding hydrogens is 440 g/mol. The molecule has 0 bridgehead atoms. The molecule has 0 saturated carbocycles. The molecule has 3 aromatic carbocycles. The van der Waals surface area contributed by atoms with Gasteiger partial charge in [0, 0.05) is 41.8 Å². The number of benzene rings is 3. The number of amides is 3. The predicted molar refractivity (Wildman–Crippen MR) is 142 cm³/mol. The van der Waals surface area contributed by atoms with E-state index in [9.17, 15) is 14.4 Å². The van der Waals surface area contributed by atoms with Crippen molar-refractivity contribution in [3.05, 3.63) is 84.4 Å². The molecule has 0 aliphatic carbocycles. The lowest BCUT2D eigenvalue weighted by atomic mass is 10.1. The summed E-state index contributed by atoms with van der Waals surface area (Å²) in [7, 11) is 1.73. The van der Waals surface area contributed by atoms with Crippen molar-refractivity contribution in [3.8, 4) is 0 Å². The van der Waals surface area contributed by atoms with Crippen molar-refractivity contribution in [3.63, 3.8) is 0 Å². The maximum absolute atomic E-state index is 12.7. The first kappa shape index (κ1) is 25.5. The van der Waals surface area contributed by atoms with Gasteiger partial charge in [0.25, 0.3) is 5.91 Å². The monoisotopic (exact) mass is 472 g/mol. The Morgan fingerprint density at radius 1 is 0.743 bits per heavy atom. The molecule has 7 heteroatoms. The van der Waals surface area contributed by atoms with E-state index in [1.54, 1.807) is 42.3 Å². The molecule has 3 rings (SSSR count). The second-order valence-electron chi connectivity index (χ2n) is 8.26. The summed E-state index contributed by atoms with van der Waals surface area (Å²) in [5.41, 5.74) is 3.36. The van der Waals surface area contributed by atoms with E-state index in [2.05, 4.69) is 22.9 Å². The number of para-hydroxylation sites is 1. The van der Waals surface area contributed by atoms with Crippen LogP contribution in [0.3, 0.4) is 0 Å². The Morgan fingerprint density at radius 2 is 1.43 bits per heavy atom. The number of unbranched alkanes of at least 4 members (excludes halogenated alkanes) is 2. The molecule has 35 heavy (non-hydrogen) atoms. The van der Waals surface area contributed by atoms with E-state index in [1.165, 1.54) is 0 Å². The lowest BCUT2D eigenvalue weighted by molar-refractivity contribution is -0.116. The smallest absolute Gasteiger partial charge is 0.258 e. The lowest BCUT2D eigenvalue weighted by Gasteiger charge is -2.17. The summed E-state index contributed by atoms with van der Waals surface area (Å²) in [4.78, 5) is 38.7. The second kappa shape index (κ2) is 12.9. The van der Waals surface area contributed by atoms with Gasteiger partial charge in [-0.15, -0.1) is 0 Å². The first-order valence-electron chi connectivity index (χ1n) is 11.8. The van der Waals surface area contributed by atoms with Gasteiger partial charge in [-0.2, -0.15) is 0 Å². The van der Waals surface area contributed by atoms with Crippen LogP contribution in [-0.2, 0) is 9.59 Å². The summed E-state index contributed by atoms with van der Waals surface area (Å²) < 4.78 is 0. The molecule has 3 amide bonds. The van der Waals surface area contributed by atoms with Crippen molar-refractivity contribution in [2.75, 3.05) is 34.4 Å². The van der Waals surface area contributed by atoms with E-state index in [4.69, 9.17) is 0 Å². The fourth-order valence-electron chi connectivity index (χ4n) is 3.51. The number of rotatable bonds is 11. The van der Waals surface area contributed by atoms with Crippen LogP contribution in [0.1, 0.15) is 43.0 Å². The van der Waals surface area contributed by atoms with Gasteiger partial charge < -0.3 is 20.9 Å². The van der Waals surface area contributed by atoms with E-state index in [0.717, 1.165) is 30.6 Å². The maximum atomic E-state index is 12.7. The Balaban J connectivity index is 1.48. The molecule has 0 unspecified atom stereocenters. The minimum absolute atomic E-state index is 0.00904. The number of carbonyl (C=O) groups excluding carboxylic acids is 3. The average Bonchev–Trinajstić information content (AvgIpc) is 2.88. The lowest BCUT2D eigenvalue weighted by Crippen LogP contribution is -2.26. The van der Waals surface area contributed by atoms with Crippen molar-refractivity contribution < 1.29 is 14.4 Å². The molecule has 0 aliphatic rings. The highest BCUT2D eigenvalue weighted by Crippen LogP contribution is 2.18. The quantitative estimate of drug-likeness (QED) is 0.320. The number of hydrogen-bond donors (Lipinski definition) is 3. The van der Waals surface area contributed by atoms with Crippen molar-refractivity contribution in [1.82, 2.24) is 0 Å². The van der Waals surface area contributed by atoms with Gasteiger partial charge in [-0.25, -0.2) is 0 Å². The SMILES string of the molecule is CCCCCC(=O)Nc1cccc(NCC(=O)Nc2ccc(C(=O)N(C)c3ccccc3)cc2)c1. The van der Waals surface area contributed by atoms with Crippen molar-refractivity contribution in [2.24, 2.45) is 0 Å². The Morgan fingerprint density at radius 3 is 2.14 bits per heavy atom. The fraction of sp³-hybridized carbons (Fsp3) is 0.250. The third-order valence-corrected chi connectivity index (χ3v) is 5.47. The zero-order valence-electron chi connectivity index (χ0n) is 20.2. The van der Waals surface area contributed by atoms with Crippen LogP contribution >= 0.6 is 0 Å². The van der Waals surface area contributed by atoms with Gasteiger partial charge in [-0.1, -0.05) is 44.0 Å². The molecule has 182 valence electrons. The summed E-state index contributed by atoms with van der Waals surface area (Å²) in [5, 5.41) is 8.78. The van der Waals surface area contributed by atoms with E-state index < -0.39 is 0 Å². The van der Waals surface area contributed by atoms with Crippen molar-refractivity contribution in [1.29, 1.82) is 0 Å². The normalized spacial score (nSPS) is 10.3. The fourth-order valence-corrected chi connectivity index (χ4v) is 3.51. The van der Waals surface area contributed by atoms with E-state index >= 15 is 0 Å². The van der Waals surface area contributed by atoms with Gasteiger partial charge in [0.15, 0.2) is 0 Å². The van der Waals surface area contributed by atoms with E-state index in [1.807, 2.05) is 48.5 Å². The average molecular weight is 473 g/mol. The minimum Gasteiger partial charge on any atom is -0.376 e. The zero-order valence-corrected chi connectivity index (χ0v) is 20.2. The molecule has 0 heterocycles. The van der Waals surface area contributed by atoms with Crippen molar-refractivity contribution in [2.45, 2.75) is 32.6 Å². The van der Waals surface area contributed by atoms with Crippen molar-refractivity contribution >= 4 is 40.5 Å². The maximum Gasteiger partial charge on any atom is 0.258 e. The molecule has 0 saturated heterocycles. The van der Waals surface area contributed by atoms with Crippen LogP contribution < -0.4 is 20.9 Å². The highest BCUT2D eigenvalue weighted by molar-refractivity contribution is 6.06. The molecule has 7 nitrogen and oxygen atoms in total. The molecule has 0 fully saturated rings.